The van der Waals surface area contributed by atoms with Crippen LogP contribution < -0.4 is 14.8 Å². The van der Waals surface area contributed by atoms with E-state index in [9.17, 15) is 14.4 Å². The van der Waals surface area contributed by atoms with Crippen molar-refractivity contribution >= 4 is 29.6 Å². The van der Waals surface area contributed by atoms with Crippen LogP contribution in [0.5, 0.6) is 11.5 Å². The number of esters is 2. The summed E-state index contributed by atoms with van der Waals surface area (Å²) in [6.45, 7) is 1.28. The number of rotatable bonds is 8. The molecule has 0 aromatic heterocycles. The van der Waals surface area contributed by atoms with E-state index >= 15 is 0 Å². The molecule has 158 valence electrons. The molecule has 30 heavy (non-hydrogen) atoms. The molecule has 0 fully saturated rings. The summed E-state index contributed by atoms with van der Waals surface area (Å²) in [5, 5.41) is 2.61. The third-order valence-electron chi connectivity index (χ3n) is 4.11. The average molecular weight is 413 g/mol. The maximum atomic E-state index is 12.1. The third kappa shape index (κ3) is 6.10. The molecule has 0 unspecified atom stereocenters. The molecule has 0 heterocycles. The molecular formula is C22H23NO7. The van der Waals surface area contributed by atoms with Crippen LogP contribution in [-0.2, 0) is 19.1 Å². The number of anilines is 1. The molecule has 8 heteroatoms. The molecule has 0 saturated carbocycles. The molecule has 0 atom stereocenters. The van der Waals surface area contributed by atoms with E-state index in [-0.39, 0.29) is 0 Å². The van der Waals surface area contributed by atoms with E-state index < -0.39 is 24.5 Å². The highest BCUT2D eigenvalue weighted by molar-refractivity contribution is 5.97. The van der Waals surface area contributed by atoms with Crippen molar-refractivity contribution in [2.75, 3.05) is 33.3 Å². The first kappa shape index (κ1) is 22.5. The Morgan fingerprint density at radius 3 is 2.43 bits per heavy atom. The Kier molecular flexibility index (Phi) is 7.99. The minimum atomic E-state index is -0.699. The molecule has 0 bridgehead atoms. The predicted octanol–water partition coefficient (Wildman–Crippen LogP) is 2.99. The van der Waals surface area contributed by atoms with Crippen LogP contribution in [0.3, 0.4) is 0 Å². The van der Waals surface area contributed by atoms with Crippen molar-refractivity contribution in [2.45, 2.75) is 6.92 Å². The lowest BCUT2D eigenvalue weighted by Crippen LogP contribution is -2.21. The van der Waals surface area contributed by atoms with Gasteiger partial charge in [0.15, 0.2) is 6.61 Å². The van der Waals surface area contributed by atoms with Gasteiger partial charge in [0.05, 0.1) is 26.9 Å². The summed E-state index contributed by atoms with van der Waals surface area (Å²) in [6, 6.07) is 9.91. The lowest BCUT2D eigenvalue weighted by atomic mass is 10.1. The van der Waals surface area contributed by atoms with Crippen molar-refractivity contribution in [3.05, 3.63) is 59.2 Å². The van der Waals surface area contributed by atoms with Crippen LogP contribution in [0.4, 0.5) is 5.69 Å². The number of ether oxygens (including phenoxy) is 4. The molecule has 0 aliphatic heterocycles. The number of aryl methyl sites for hydroxylation is 1. The molecular weight excluding hydrogens is 390 g/mol. The Morgan fingerprint density at radius 2 is 1.77 bits per heavy atom. The zero-order chi connectivity index (χ0) is 22.1. The van der Waals surface area contributed by atoms with Gasteiger partial charge in [0.1, 0.15) is 11.5 Å². The van der Waals surface area contributed by atoms with Gasteiger partial charge in [0.25, 0.3) is 5.91 Å². The molecule has 0 radical (unpaired) electrons. The number of carbonyl (C=O) groups excluding carboxylic acids is 3. The number of amides is 1. The van der Waals surface area contributed by atoms with E-state index in [0.29, 0.717) is 28.3 Å². The SMILES string of the molecule is COC(=O)c1ccc(C)c(NC(=O)COC(=O)/C=C/c2cc(OC)ccc2OC)c1. The number of nitrogens with one attached hydrogen (secondary N) is 1. The van der Waals surface area contributed by atoms with Crippen molar-refractivity contribution in [1.29, 1.82) is 0 Å². The fourth-order valence-electron chi connectivity index (χ4n) is 2.50. The molecule has 2 aromatic rings. The second kappa shape index (κ2) is 10.7. The van der Waals surface area contributed by atoms with E-state index in [1.54, 1.807) is 37.3 Å². The molecule has 0 spiro atoms. The van der Waals surface area contributed by atoms with Gasteiger partial charge >= 0.3 is 11.9 Å². The summed E-state index contributed by atoms with van der Waals surface area (Å²) in [6.07, 6.45) is 2.69. The van der Waals surface area contributed by atoms with Crippen molar-refractivity contribution < 1.29 is 33.3 Å². The molecule has 0 saturated heterocycles. The normalized spacial score (nSPS) is 10.4. The Bertz CT molecular complexity index is 966. The topological polar surface area (TPSA) is 100 Å². The smallest absolute Gasteiger partial charge is 0.337 e. The van der Waals surface area contributed by atoms with Crippen LogP contribution in [0.25, 0.3) is 6.08 Å². The van der Waals surface area contributed by atoms with E-state index in [1.807, 2.05) is 0 Å². The van der Waals surface area contributed by atoms with E-state index in [2.05, 4.69) is 10.1 Å². The average Bonchev–Trinajstić information content (AvgIpc) is 2.76. The lowest BCUT2D eigenvalue weighted by Gasteiger charge is -2.10. The third-order valence-corrected chi connectivity index (χ3v) is 4.11. The van der Waals surface area contributed by atoms with E-state index in [4.69, 9.17) is 14.2 Å². The predicted molar refractivity (Wildman–Crippen MR) is 111 cm³/mol. The van der Waals surface area contributed by atoms with Crippen LogP contribution in [-0.4, -0.2) is 45.8 Å². The van der Waals surface area contributed by atoms with E-state index in [0.717, 1.165) is 5.56 Å². The fourth-order valence-corrected chi connectivity index (χ4v) is 2.50. The Morgan fingerprint density at radius 1 is 1.00 bits per heavy atom. The lowest BCUT2D eigenvalue weighted by molar-refractivity contribution is -0.142. The molecule has 8 nitrogen and oxygen atoms in total. The summed E-state index contributed by atoms with van der Waals surface area (Å²) in [5.41, 5.74) is 2.09. The minimum absolute atomic E-state index is 0.297. The van der Waals surface area contributed by atoms with Crippen LogP contribution in [0.1, 0.15) is 21.5 Å². The highest BCUT2D eigenvalue weighted by Crippen LogP contribution is 2.25. The van der Waals surface area contributed by atoms with Gasteiger partial charge in [0, 0.05) is 17.3 Å². The van der Waals surface area contributed by atoms with Gasteiger partial charge in [-0.15, -0.1) is 0 Å². The Labute approximate surface area is 174 Å². The van der Waals surface area contributed by atoms with Crippen molar-refractivity contribution in [3.8, 4) is 11.5 Å². The fraction of sp³-hybridized carbons (Fsp3) is 0.227. The second-order valence-corrected chi connectivity index (χ2v) is 6.12. The summed E-state index contributed by atoms with van der Waals surface area (Å²) in [5.74, 6) is -0.600. The van der Waals surface area contributed by atoms with Crippen molar-refractivity contribution in [1.82, 2.24) is 0 Å². The number of hydrogen-bond donors (Lipinski definition) is 1. The van der Waals surface area contributed by atoms with Gasteiger partial charge in [-0.3, -0.25) is 4.79 Å². The first-order valence-corrected chi connectivity index (χ1v) is 8.93. The standard InChI is InChI=1S/C22H23NO7/c1-14-5-6-16(22(26)29-4)12-18(14)23-20(24)13-30-21(25)10-7-15-11-17(27-2)8-9-19(15)28-3/h5-12H,13H2,1-4H3,(H,23,24)/b10-7+. The first-order valence-electron chi connectivity index (χ1n) is 8.93. The molecule has 1 amide bonds. The van der Waals surface area contributed by atoms with Gasteiger partial charge in [-0.25, -0.2) is 9.59 Å². The van der Waals surface area contributed by atoms with Crippen molar-refractivity contribution in [3.63, 3.8) is 0 Å². The van der Waals surface area contributed by atoms with Crippen LogP contribution >= 0.6 is 0 Å². The first-order chi connectivity index (χ1) is 14.4. The molecule has 1 N–H and O–H groups in total. The van der Waals surface area contributed by atoms with Crippen molar-refractivity contribution in [2.24, 2.45) is 0 Å². The zero-order valence-corrected chi connectivity index (χ0v) is 17.2. The van der Waals surface area contributed by atoms with Crippen LogP contribution in [0.15, 0.2) is 42.5 Å². The maximum Gasteiger partial charge on any atom is 0.337 e. The Hall–Kier alpha value is -3.81. The number of carbonyl (C=O) groups is 3. The van der Waals surface area contributed by atoms with Crippen LogP contribution in [0.2, 0.25) is 0 Å². The largest absolute Gasteiger partial charge is 0.497 e. The van der Waals surface area contributed by atoms with Gasteiger partial charge in [-0.05, 0) is 48.9 Å². The molecule has 0 aliphatic carbocycles. The minimum Gasteiger partial charge on any atom is -0.497 e. The Balaban J connectivity index is 1.96. The van der Waals surface area contributed by atoms with E-state index in [1.165, 1.54) is 39.5 Å². The maximum absolute atomic E-state index is 12.1. The zero-order valence-electron chi connectivity index (χ0n) is 17.2. The van der Waals surface area contributed by atoms with Gasteiger partial charge < -0.3 is 24.3 Å². The van der Waals surface area contributed by atoms with Gasteiger partial charge in [0.2, 0.25) is 0 Å². The highest BCUT2D eigenvalue weighted by Gasteiger charge is 2.12. The van der Waals surface area contributed by atoms with Gasteiger partial charge in [-0.1, -0.05) is 6.07 Å². The quantitative estimate of drug-likeness (QED) is 0.524. The molecule has 0 aliphatic rings. The van der Waals surface area contributed by atoms with Gasteiger partial charge in [-0.2, -0.15) is 0 Å². The second-order valence-electron chi connectivity index (χ2n) is 6.12. The number of methoxy groups -OCH3 is 3. The number of hydrogen-bond acceptors (Lipinski definition) is 7. The monoisotopic (exact) mass is 413 g/mol. The summed E-state index contributed by atoms with van der Waals surface area (Å²) >= 11 is 0. The highest BCUT2D eigenvalue weighted by atomic mass is 16.5. The summed E-state index contributed by atoms with van der Waals surface area (Å²) < 4.78 is 20.0. The van der Waals surface area contributed by atoms with Crippen LogP contribution in [0, 0.1) is 6.92 Å². The number of benzene rings is 2. The summed E-state index contributed by atoms with van der Waals surface area (Å²) in [7, 11) is 4.32. The molecule has 2 aromatic carbocycles. The summed E-state index contributed by atoms with van der Waals surface area (Å²) in [4.78, 5) is 35.7. The molecule has 2 rings (SSSR count).